The molecule has 1 saturated heterocycles. The molecule has 1 amide bonds. The van der Waals surface area contributed by atoms with Gasteiger partial charge < -0.3 is 9.64 Å². The molecular weight excluding hydrogens is 331 g/mol. The molecular formula is C21H25FN2O2. The van der Waals surface area contributed by atoms with E-state index in [9.17, 15) is 9.18 Å². The van der Waals surface area contributed by atoms with Crippen molar-refractivity contribution >= 4 is 5.91 Å². The number of hydrogen-bond donors (Lipinski definition) is 0. The van der Waals surface area contributed by atoms with Crippen molar-refractivity contribution in [2.45, 2.75) is 32.3 Å². The normalized spacial score (nSPS) is 20.2. The number of aromatic nitrogens is 1. The third-order valence-corrected chi connectivity index (χ3v) is 5.04. The molecule has 3 rings (SSSR count). The van der Waals surface area contributed by atoms with Crippen LogP contribution in [0.1, 0.15) is 23.2 Å². The van der Waals surface area contributed by atoms with Crippen LogP contribution >= 0.6 is 0 Å². The number of rotatable bonds is 5. The maximum atomic E-state index is 13.1. The van der Waals surface area contributed by atoms with E-state index in [1.54, 1.807) is 25.4 Å². The maximum Gasteiger partial charge on any atom is 0.228 e. The summed E-state index contributed by atoms with van der Waals surface area (Å²) >= 11 is 0. The Morgan fingerprint density at radius 3 is 2.77 bits per heavy atom. The Labute approximate surface area is 154 Å². The molecule has 138 valence electrons. The van der Waals surface area contributed by atoms with Crippen LogP contribution in [0.5, 0.6) is 0 Å². The van der Waals surface area contributed by atoms with Crippen molar-refractivity contribution in [1.29, 1.82) is 0 Å². The quantitative estimate of drug-likeness (QED) is 0.826. The molecule has 1 aromatic carbocycles. The number of hydrogen-bond acceptors (Lipinski definition) is 3. The molecule has 2 heterocycles. The largest absolute Gasteiger partial charge is 0.381 e. The van der Waals surface area contributed by atoms with E-state index in [1.807, 2.05) is 24.0 Å². The van der Waals surface area contributed by atoms with E-state index in [0.717, 1.165) is 29.7 Å². The molecule has 0 N–H and O–H groups in total. The van der Waals surface area contributed by atoms with Crippen molar-refractivity contribution in [3.8, 4) is 0 Å². The van der Waals surface area contributed by atoms with Crippen molar-refractivity contribution in [3.63, 3.8) is 0 Å². The highest BCUT2D eigenvalue weighted by Gasteiger charge is 2.31. The van der Waals surface area contributed by atoms with Crippen molar-refractivity contribution in [1.82, 2.24) is 9.88 Å². The van der Waals surface area contributed by atoms with Gasteiger partial charge in [0, 0.05) is 38.0 Å². The summed E-state index contributed by atoms with van der Waals surface area (Å²) < 4.78 is 18.8. The molecule has 0 bridgehead atoms. The Morgan fingerprint density at radius 1 is 1.31 bits per heavy atom. The van der Waals surface area contributed by atoms with Crippen LogP contribution in [0, 0.1) is 18.7 Å². The predicted octanol–water partition coefficient (Wildman–Crippen LogP) is 3.18. The number of halogens is 1. The van der Waals surface area contributed by atoms with Crippen molar-refractivity contribution in [2.75, 3.05) is 20.2 Å². The van der Waals surface area contributed by atoms with Gasteiger partial charge in [0.25, 0.3) is 0 Å². The summed E-state index contributed by atoms with van der Waals surface area (Å²) in [5.74, 6) is 0.0681. The molecule has 1 aliphatic rings. The summed E-state index contributed by atoms with van der Waals surface area (Å²) in [7, 11) is 1.72. The summed E-state index contributed by atoms with van der Waals surface area (Å²) in [5, 5.41) is 0. The zero-order valence-corrected chi connectivity index (χ0v) is 15.3. The van der Waals surface area contributed by atoms with Crippen LogP contribution in [-0.2, 0) is 22.4 Å². The number of likely N-dealkylation sites (tertiary alicyclic amines) is 1. The van der Waals surface area contributed by atoms with E-state index >= 15 is 0 Å². The van der Waals surface area contributed by atoms with Gasteiger partial charge in [-0.1, -0.05) is 12.1 Å². The van der Waals surface area contributed by atoms with E-state index in [4.69, 9.17) is 4.74 Å². The number of piperidine rings is 1. The van der Waals surface area contributed by atoms with Gasteiger partial charge >= 0.3 is 0 Å². The molecule has 0 aliphatic carbocycles. The molecule has 5 heteroatoms. The summed E-state index contributed by atoms with van der Waals surface area (Å²) in [4.78, 5) is 18.9. The number of amides is 1. The highest BCUT2D eigenvalue weighted by atomic mass is 19.1. The van der Waals surface area contributed by atoms with E-state index in [2.05, 4.69) is 4.98 Å². The van der Waals surface area contributed by atoms with E-state index < -0.39 is 0 Å². The monoisotopic (exact) mass is 356 g/mol. The molecule has 2 atom stereocenters. The lowest BCUT2D eigenvalue weighted by Crippen LogP contribution is -2.47. The maximum absolute atomic E-state index is 13.1. The first-order valence-corrected chi connectivity index (χ1v) is 9.01. The van der Waals surface area contributed by atoms with E-state index in [-0.39, 0.29) is 23.7 Å². The minimum atomic E-state index is -0.233. The average Bonchev–Trinajstić information content (AvgIpc) is 2.63. The van der Waals surface area contributed by atoms with Crippen LogP contribution in [-0.4, -0.2) is 42.1 Å². The first-order chi connectivity index (χ1) is 12.5. The van der Waals surface area contributed by atoms with Crippen LogP contribution < -0.4 is 0 Å². The van der Waals surface area contributed by atoms with E-state index in [1.165, 1.54) is 12.1 Å². The molecule has 0 radical (unpaired) electrons. The minimum Gasteiger partial charge on any atom is -0.381 e. The molecule has 1 aromatic heterocycles. The van der Waals surface area contributed by atoms with Gasteiger partial charge in [-0.05, 0) is 55.2 Å². The first-order valence-electron chi connectivity index (χ1n) is 9.01. The lowest BCUT2D eigenvalue weighted by Gasteiger charge is -2.38. The standard InChI is InChI=1S/C21H25FN2O2/c1-15-7-9-23-19(11-15)13-21(25)24-10-8-20(26-2)17(14-24)12-16-3-5-18(22)6-4-16/h3-7,9,11,17,20H,8,10,12-14H2,1-2H3/t17-,20-/m1/s1. The Kier molecular flexibility index (Phi) is 5.99. The summed E-state index contributed by atoms with van der Waals surface area (Å²) in [6, 6.07) is 10.4. The summed E-state index contributed by atoms with van der Waals surface area (Å²) in [6.07, 6.45) is 3.76. The van der Waals surface area contributed by atoms with Gasteiger partial charge in [-0.3, -0.25) is 9.78 Å². The highest BCUT2D eigenvalue weighted by Crippen LogP contribution is 2.24. The molecule has 1 aliphatic heterocycles. The SMILES string of the molecule is CO[C@@H]1CCN(C(=O)Cc2cc(C)ccn2)C[C@H]1Cc1ccc(F)cc1. The molecule has 0 spiro atoms. The van der Waals surface area contributed by atoms with Gasteiger partial charge in [0.1, 0.15) is 5.82 Å². The van der Waals surface area contributed by atoms with Crippen LogP contribution in [0.2, 0.25) is 0 Å². The number of carbonyl (C=O) groups excluding carboxylic acids is 1. The Bertz CT molecular complexity index is 748. The second kappa shape index (κ2) is 8.41. The first kappa shape index (κ1) is 18.5. The number of methoxy groups -OCH3 is 1. The van der Waals surface area contributed by atoms with Gasteiger partial charge in [-0.25, -0.2) is 4.39 Å². The number of pyridine rings is 1. The molecule has 0 saturated carbocycles. The van der Waals surface area contributed by atoms with Gasteiger partial charge in [0.15, 0.2) is 0 Å². The van der Waals surface area contributed by atoms with Crippen molar-refractivity contribution < 1.29 is 13.9 Å². The summed E-state index contributed by atoms with van der Waals surface area (Å²) in [5.41, 5.74) is 2.97. The van der Waals surface area contributed by atoms with E-state index in [0.29, 0.717) is 19.5 Å². The molecule has 26 heavy (non-hydrogen) atoms. The third kappa shape index (κ3) is 4.67. The van der Waals surface area contributed by atoms with Crippen LogP contribution in [0.15, 0.2) is 42.6 Å². The fourth-order valence-corrected chi connectivity index (χ4v) is 3.63. The molecule has 1 fully saturated rings. The topological polar surface area (TPSA) is 42.4 Å². The summed E-state index contributed by atoms with van der Waals surface area (Å²) in [6.45, 7) is 3.35. The number of nitrogens with zero attached hydrogens (tertiary/aromatic N) is 2. The van der Waals surface area contributed by atoms with Crippen molar-refractivity contribution in [2.24, 2.45) is 5.92 Å². The minimum absolute atomic E-state index is 0.0989. The van der Waals surface area contributed by atoms with Crippen LogP contribution in [0.4, 0.5) is 4.39 Å². The lowest BCUT2D eigenvalue weighted by atomic mass is 9.88. The zero-order chi connectivity index (χ0) is 18.5. The Balaban J connectivity index is 1.65. The predicted molar refractivity (Wildman–Crippen MR) is 98.3 cm³/mol. The lowest BCUT2D eigenvalue weighted by molar-refractivity contribution is -0.134. The molecule has 4 nitrogen and oxygen atoms in total. The fraction of sp³-hybridized carbons (Fsp3) is 0.429. The van der Waals surface area contributed by atoms with Gasteiger partial charge in [-0.2, -0.15) is 0 Å². The van der Waals surface area contributed by atoms with Crippen LogP contribution in [0.25, 0.3) is 0 Å². The zero-order valence-electron chi connectivity index (χ0n) is 15.3. The molecule has 0 unspecified atom stereocenters. The number of ether oxygens (including phenoxy) is 1. The second-order valence-corrected chi connectivity index (χ2v) is 6.99. The van der Waals surface area contributed by atoms with Gasteiger partial charge in [0.2, 0.25) is 5.91 Å². The Hall–Kier alpha value is -2.27. The number of carbonyl (C=O) groups is 1. The number of benzene rings is 1. The average molecular weight is 356 g/mol. The Morgan fingerprint density at radius 2 is 2.08 bits per heavy atom. The number of aryl methyl sites for hydroxylation is 1. The van der Waals surface area contributed by atoms with Crippen LogP contribution in [0.3, 0.4) is 0 Å². The smallest absolute Gasteiger partial charge is 0.228 e. The second-order valence-electron chi connectivity index (χ2n) is 6.99. The highest BCUT2D eigenvalue weighted by molar-refractivity contribution is 5.78. The molecule has 2 aromatic rings. The fourth-order valence-electron chi connectivity index (χ4n) is 3.63. The van der Waals surface area contributed by atoms with Gasteiger partial charge in [0.05, 0.1) is 12.5 Å². The third-order valence-electron chi connectivity index (χ3n) is 5.04. The van der Waals surface area contributed by atoms with Gasteiger partial charge in [-0.15, -0.1) is 0 Å². The van der Waals surface area contributed by atoms with Crippen molar-refractivity contribution in [3.05, 3.63) is 65.2 Å².